The molecule has 3 atom stereocenters. The molecule has 1 aliphatic rings. The van der Waals surface area contributed by atoms with Crippen LogP contribution in [0.3, 0.4) is 0 Å². The molecule has 0 radical (unpaired) electrons. The number of rotatable bonds is 5. The van der Waals surface area contributed by atoms with E-state index in [-0.39, 0.29) is 47.8 Å². The van der Waals surface area contributed by atoms with Crippen LogP contribution in [-0.4, -0.2) is 51.8 Å². The Balaban J connectivity index is 0.00000320. The van der Waals surface area contributed by atoms with Crippen molar-refractivity contribution in [1.82, 2.24) is 25.0 Å². The average Bonchev–Trinajstić information content (AvgIpc) is 3.27. The van der Waals surface area contributed by atoms with E-state index in [1.165, 1.54) is 12.7 Å². The second-order valence-corrected chi connectivity index (χ2v) is 7.65. The molecular formula is C21H31IN6O2. The van der Waals surface area contributed by atoms with E-state index in [4.69, 9.17) is 9.73 Å². The topological polar surface area (TPSA) is 84.6 Å². The minimum Gasteiger partial charge on any atom is -0.469 e. The molecule has 2 aromatic rings. The molecule has 0 amide bonds. The highest BCUT2D eigenvalue weighted by Gasteiger charge is 2.37. The number of likely N-dealkylation sites (tertiary alicyclic amines) is 1. The Labute approximate surface area is 195 Å². The first-order valence-electron chi connectivity index (χ1n) is 9.94. The summed E-state index contributed by atoms with van der Waals surface area (Å²) in [6, 6.07) is 10.3. The van der Waals surface area contributed by atoms with Crippen LogP contribution < -0.4 is 5.32 Å². The Bertz CT molecular complexity index is 870. The van der Waals surface area contributed by atoms with Crippen LogP contribution >= 0.6 is 24.0 Å². The Hall–Kier alpha value is -2.17. The minimum absolute atomic E-state index is 0. The number of aryl methyl sites for hydroxylation is 1. The fraction of sp³-hybridized carbons (Fsp3) is 0.524. The summed E-state index contributed by atoms with van der Waals surface area (Å²) in [5.41, 5.74) is 1.17. The fourth-order valence-electron chi connectivity index (χ4n) is 3.59. The molecule has 1 aromatic heterocycles. The number of hydrogen-bond acceptors (Lipinski definition) is 5. The van der Waals surface area contributed by atoms with Crippen LogP contribution in [-0.2, 0) is 23.1 Å². The zero-order chi connectivity index (χ0) is 21.0. The van der Waals surface area contributed by atoms with E-state index in [2.05, 4.69) is 46.4 Å². The first kappa shape index (κ1) is 24.1. The van der Waals surface area contributed by atoms with Crippen molar-refractivity contribution in [2.45, 2.75) is 33.4 Å². The molecule has 8 nitrogen and oxygen atoms in total. The van der Waals surface area contributed by atoms with E-state index < -0.39 is 0 Å². The zero-order valence-electron chi connectivity index (χ0n) is 18.2. The van der Waals surface area contributed by atoms with Gasteiger partial charge >= 0.3 is 5.97 Å². The highest BCUT2D eigenvalue weighted by Crippen LogP contribution is 2.25. The van der Waals surface area contributed by atoms with Gasteiger partial charge in [-0.3, -0.25) is 4.79 Å². The summed E-state index contributed by atoms with van der Waals surface area (Å²) >= 11 is 0. The van der Waals surface area contributed by atoms with Gasteiger partial charge in [0.1, 0.15) is 12.4 Å². The van der Waals surface area contributed by atoms with E-state index in [0.717, 1.165) is 24.2 Å². The van der Waals surface area contributed by atoms with E-state index in [9.17, 15) is 4.79 Å². The van der Waals surface area contributed by atoms with E-state index in [1.807, 2.05) is 36.7 Å². The number of ether oxygens (including phenoxy) is 1. The summed E-state index contributed by atoms with van der Waals surface area (Å²) in [5.74, 6) is 2.28. The van der Waals surface area contributed by atoms with Gasteiger partial charge in [-0.25, -0.2) is 4.99 Å². The van der Waals surface area contributed by atoms with Gasteiger partial charge in [-0.1, -0.05) is 37.3 Å². The molecule has 3 rings (SSSR count). The Morgan fingerprint density at radius 1 is 1.30 bits per heavy atom. The maximum absolute atomic E-state index is 12.1. The number of carbonyl (C=O) groups is 1. The smallest absolute Gasteiger partial charge is 0.310 e. The highest BCUT2D eigenvalue weighted by molar-refractivity contribution is 14.0. The maximum atomic E-state index is 12.1. The Kier molecular flexibility index (Phi) is 8.63. The molecule has 1 saturated heterocycles. The molecule has 9 heteroatoms. The quantitative estimate of drug-likeness (QED) is 0.279. The van der Waals surface area contributed by atoms with Crippen LogP contribution in [0.25, 0.3) is 0 Å². The standard InChI is InChI=1S/C21H30N6O2.HI/c1-14-12-27(13-18(14)20(28)29-5)21(22-11-19-25-24-16(3)26(19)4)23-15(2)17-9-7-6-8-10-17;/h6-10,14-15,18H,11-13H2,1-5H3,(H,22,23);1H. The molecule has 0 aliphatic carbocycles. The Morgan fingerprint density at radius 2 is 2.00 bits per heavy atom. The molecule has 30 heavy (non-hydrogen) atoms. The van der Waals surface area contributed by atoms with Gasteiger partial charge in [-0.05, 0) is 25.3 Å². The highest BCUT2D eigenvalue weighted by atomic mass is 127. The predicted molar refractivity (Wildman–Crippen MR) is 127 cm³/mol. The van der Waals surface area contributed by atoms with Gasteiger partial charge in [0.15, 0.2) is 11.8 Å². The van der Waals surface area contributed by atoms with Crippen LogP contribution in [0.2, 0.25) is 0 Å². The van der Waals surface area contributed by atoms with Gasteiger partial charge in [-0.15, -0.1) is 34.2 Å². The zero-order valence-corrected chi connectivity index (χ0v) is 20.5. The molecule has 1 N–H and O–H groups in total. The summed E-state index contributed by atoms with van der Waals surface area (Å²) in [4.78, 5) is 19.1. The molecule has 164 valence electrons. The van der Waals surface area contributed by atoms with Crippen molar-refractivity contribution in [1.29, 1.82) is 0 Å². The van der Waals surface area contributed by atoms with Crippen LogP contribution in [0.5, 0.6) is 0 Å². The van der Waals surface area contributed by atoms with Crippen molar-refractivity contribution >= 4 is 35.9 Å². The van der Waals surface area contributed by atoms with Crippen molar-refractivity contribution in [2.24, 2.45) is 23.9 Å². The predicted octanol–water partition coefficient (Wildman–Crippen LogP) is 2.69. The van der Waals surface area contributed by atoms with Crippen molar-refractivity contribution in [3.05, 3.63) is 47.5 Å². The fourth-order valence-corrected chi connectivity index (χ4v) is 3.59. The number of carbonyl (C=O) groups excluding carboxylic acids is 1. The number of methoxy groups -OCH3 is 1. The number of esters is 1. The SMILES string of the molecule is COC(=O)C1CN(C(=NCc2nnc(C)n2C)NC(C)c2ccccc2)CC1C.I. The van der Waals surface area contributed by atoms with Crippen molar-refractivity contribution in [3.8, 4) is 0 Å². The van der Waals surface area contributed by atoms with E-state index in [0.29, 0.717) is 13.1 Å². The Morgan fingerprint density at radius 3 is 2.60 bits per heavy atom. The van der Waals surface area contributed by atoms with Gasteiger partial charge in [0.25, 0.3) is 0 Å². The summed E-state index contributed by atoms with van der Waals surface area (Å²) in [6.07, 6.45) is 0. The number of nitrogens with one attached hydrogen (secondary N) is 1. The van der Waals surface area contributed by atoms with Crippen LogP contribution in [0.4, 0.5) is 0 Å². The van der Waals surface area contributed by atoms with Crippen LogP contribution in [0.1, 0.15) is 37.1 Å². The van der Waals surface area contributed by atoms with Crippen molar-refractivity contribution in [2.75, 3.05) is 20.2 Å². The van der Waals surface area contributed by atoms with Crippen LogP contribution in [0, 0.1) is 18.8 Å². The molecule has 0 bridgehead atoms. The number of aromatic nitrogens is 3. The third-order valence-corrected chi connectivity index (χ3v) is 5.61. The molecule has 0 saturated carbocycles. The van der Waals surface area contributed by atoms with E-state index >= 15 is 0 Å². The summed E-state index contributed by atoms with van der Waals surface area (Å²) < 4.78 is 6.92. The third-order valence-electron chi connectivity index (χ3n) is 5.61. The maximum Gasteiger partial charge on any atom is 0.310 e. The second kappa shape index (κ2) is 10.7. The normalized spacial score (nSPS) is 19.9. The number of halogens is 1. The lowest BCUT2D eigenvalue weighted by molar-refractivity contribution is -0.145. The second-order valence-electron chi connectivity index (χ2n) is 7.65. The monoisotopic (exact) mass is 526 g/mol. The van der Waals surface area contributed by atoms with Gasteiger partial charge in [0.05, 0.1) is 19.1 Å². The molecule has 0 spiro atoms. The largest absolute Gasteiger partial charge is 0.469 e. The number of nitrogens with zero attached hydrogens (tertiary/aromatic N) is 5. The number of aliphatic imine (C=N–C) groups is 1. The lowest BCUT2D eigenvalue weighted by Crippen LogP contribution is -2.42. The van der Waals surface area contributed by atoms with Gasteiger partial charge in [-0.2, -0.15) is 0 Å². The third kappa shape index (κ3) is 5.50. The van der Waals surface area contributed by atoms with E-state index in [1.54, 1.807) is 0 Å². The van der Waals surface area contributed by atoms with Crippen LogP contribution in [0.15, 0.2) is 35.3 Å². The molecule has 1 aliphatic heterocycles. The first-order valence-corrected chi connectivity index (χ1v) is 9.94. The minimum atomic E-state index is -0.167. The molecule has 3 unspecified atom stereocenters. The summed E-state index contributed by atoms with van der Waals surface area (Å²) in [7, 11) is 3.38. The molecular weight excluding hydrogens is 495 g/mol. The van der Waals surface area contributed by atoms with Crippen molar-refractivity contribution in [3.63, 3.8) is 0 Å². The lowest BCUT2D eigenvalue weighted by Gasteiger charge is -2.25. The molecule has 1 aromatic carbocycles. The first-order chi connectivity index (χ1) is 13.9. The van der Waals surface area contributed by atoms with Crippen molar-refractivity contribution < 1.29 is 9.53 Å². The lowest BCUT2D eigenvalue weighted by atomic mass is 9.99. The number of hydrogen-bond donors (Lipinski definition) is 1. The molecule has 2 heterocycles. The molecule has 1 fully saturated rings. The summed E-state index contributed by atoms with van der Waals surface area (Å²) in [6.45, 7) is 7.83. The van der Waals surface area contributed by atoms with Gasteiger partial charge in [0.2, 0.25) is 0 Å². The number of benzene rings is 1. The average molecular weight is 526 g/mol. The number of guanidine groups is 1. The van der Waals surface area contributed by atoms with Gasteiger partial charge in [0, 0.05) is 20.1 Å². The van der Waals surface area contributed by atoms with Gasteiger partial charge < -0.3 is 19.5 Å². The summed E-state index contributed by atoms with van der Waals surface area (Å²) in [5, 5.41) is 11.9.